The van der Waals surface area contributed by atoms with Crippen LogP contribution in [-0.2, 0) is 13.5 Å². The number of benzene rings is 1. The average Bonchev–Trinajstić information content (AvgIpc) is 2.84. The highest BCUT2D eigenvalue weighted by Crippen LogP contribution is 2.18. The van der Waals surface area contributed by atoms with Crippen LogP contribution in [-0.4, -0.2) is 27.2 Å². The fourth-order valence-electron chi connectivity index (χ4n) is 1.80. The van der Waals surface area contributed by atoms with E-state index in [1.54, 1.807) is 17.9 Å². The molecule has 7 nitrogen and oxygen atoms in total. The predicted octanol–water partition coefficient (Wildman–Crippen LogP) is 1.44. The van der Waals surface area contributed by atoms with Crippen molar-refractivity contribution in [2.45, 2.75) is 6.42 Å². The Kier molecular flexibility index (Phi) is 4.27. The predicted molar refractivity (Wildman–Crippen MR) is 72.3 cm³/mol. The molecule has 1 N–H and O–H groups in total. The van der Waals surface area contributed by atoms with Crippen LogP contribution >= 0.6 is 0 Å². The Morgan fingerprint density at radius 3 is 2.86 bits per heavy atom. The van der Waals surface area contributed by atoms with Crippen molar-refractivity contribution in [1.82, 2.24) is 15.1 Å². The molecule has 1 aromatic carbocycles. The minimum absolute atomic E-state index is 0.0455. The summed E-state index contributed by atoms with van der Waals surface area (Å²) in [6.45, 7) is 0.334. The van der Waals surface area contributed by atoms with Crippen LogP contribution in [0.25, 0.3) is 0 Å². The van der Waals surface area contributed by atoms with E-state index in [9.17, 15) is 19.3 Å². The standard InChI is InChI=1S/C13H13FN4O3/c1-17-7-5-10(16-17)4-6-15-13(19)9-2-3-11(14)12(8-9)18(20)21/h2-3,5,7-8H,4,6H2,1H3,(H,15,19). The van der Waals surface area contributed by atoms with Crippen LogP contribution < -0.4 is 5.32 Å². The van der Waals surface area contributed by atoms with Crippen molar-refractivity contribution in [1.29, 1.82) is 0 Å². The third kappa shape index (κ3) is 3.62. The first-order valence-corrected chi connectivity index (χ1v) is 6.18. The summed E-state index contributed by atoms with van der Waals surface area (Å²) in [4.78, 5) is 21.6. The molecule has 0 radical (unpaired) electrons. The second-order valence-corrected chi connectivity index (χ2v) is 4.41. The van der Waals surface area contributed by atoms with E-state index in [1.807, 2.05) is 6.07 Å². The maximum atomic E-state index is 13.2. The maximum absolute atomic E-state index is 13.2. The summed E-state index contributed by atoms with van der Waals surface area (Å²) in [7, 11) is 1.79. The molecule has 1 heterocycles. The van der Waals surface area contributed by atoms with Crippen molar-refractivity contribution >= 4 is 11.6 Å². The minimum Gasteiger partial charge on any atom is -0.352 e. The van der Waals surface area contributed by atoms with Gasteiger partial charge in [0.05, 0.1) is 10.6 Å². The van der Waals surface area contributed by atoms with Gasteiger partial charge in [-0.1, -0.05) is 0 Å². The fraction of sp³-hybridized carbons (Fsp3) is 0.231. The molecule has 0 saturated carbocycles. The molecular formula is C13H13FN4O3. The third-order valence-electron chi connectivity index (χ3n) is 2.84. The van der Waals surface area contributed by atoms with E-state index < -0.39 is 22.3 Å². The molecule has 1 amide bonds. The summed E-state index contributed by atoms with van der Waals surface area (Å²) >= 11 is 0. The summed E-state index contributed by atoms with van der Waals surface area (Å²) < 4.78 is 14.8. The van der Waals surface area contributed by atoms with E-state index in [0.717, 1.165) is 17.8 Å². The number of nitro benzene ring substituents is 1. The largest absolute Gasteiger partial charge is 0.352 e. The molecule has 8 heteroatoms. The topological polar surface area (TPSA) is 90.1 Å². The molecule has 0 fully saturated rings. The normalized spacial score (nSPS) is 10.4. The summed E-state index contributed by atoms with van der Waals surface area (Å²) in [5.41, 5.74) is 0.152. The lowest BCUT2D eigenvalue weighted by Crippen LogP contribution is -2.26. The van der Waals surface area contributed by atoms with Crippen molar-refractivity contribution in [2.24, 2.45) is 7.05 Å². The first kappa shape index (κ1) is 14.6. The van der Waals surface area contributed by atoms with Gasteiger partial charge >= 0.3 is 5.69 Å². The van der Waals surface area contributed by atoms with Crippen molar-refractivity contribution in [2.75, 3.05) is 6.54 Å². The van der Waals surface area contributed by atoms with E-state index >= 15 is 0 Å². The number of aryl methyl sites for hydroxylation is 1. The first-order chi connectivity index (χ1) is 9.97. The number of aromatic nitrogens is 2. The highest BCUT2D eigenvalue weighted by Gasteiger charge is 2.17. The molecule has 0 unspecified atom stereocenters. The van der Waals surface area contributed by atoms with Gasteiger partial charge in [0.25, 0.3) is 5.91 Å². The van der Waals surface area contributed by atoms with Gasteiger partial charge in [-0.2, -0.15) is 9.49 Å². The number of amides is 1. The summed E-state index contributed by atoms with van der Waals surface area (Å²) in [5, 5.41) is 17.4. The molecule has 0 aliphatic rings. The Bertz CT molecular complexity index is 684. The van der Waals surface area contributed by atoms with E-state index in [2.05, 4.69) is 10.4 Å². The minimum atomic E-state index is -0.968. The lowest BCUT2D eigenvalue weighted by atomic mass is 10.2. The van der Waals surface area contributed by atoms with Gasteiger partial charge in [-0.15, -0.1) is 0 Å². The van der Waals surface area contributed by atoms with Gasteiger partial charge < -0.3 is 5.32 Å². The molecule has 0 aliphatic heterocycles. The average molecular weight is 292 g/mol. The first-order valence-electron chi connectivity index (χ1n) is 6.18. The molecule has 0 bridgehead atoms. The lowest BCUT2D eigenvalue weighted by molar-refractivity contribution is -0.387. The third-order valence-corrected chi connectivity index (χ3v) is 2.84. The van der Waals surface area contributed by atoms with Crippen LogP contribution in [0.1, 0.15) is 16.1 Å². The number of hydrogen-bond acceptors (Lipinski definition) is 4. The number of hydrogen-bond donors (Lipinski definition) is 1. The number of nitrogens with zero attached hydrogens (tertiary/aromatic N) is 3. The van der Waals surface area contributed by atoms with Crippen molar-refractivity contribution in [3.05, 3.63) is 57.7 Å². The molecular weight excluding hydrogens is 279 g/mol. The molecule has 0 atom stereocenters. The summed E-state index contributed by atoms with van der Waals surface area (Å²) in [6.07, 6.45) is 2.33. The highest BCUT2D eigenvalue weighted by molar-refractivity contribution is 5.94. The number of carbonyl (C=O) groups is 1. The Morgan fingerprint density at radius 2 is 2.24 bits per heavy atom. The smallest absolute Gasteiger partial charge is 0.305 e. The second kappa shape index (κ2) is 6.12. The van der Waals surface area contributed by atoms with Gasteiger partial charge in [-0.3, -0.25) is 19.6 Å². The molecule has 21 heavy (non-hydrogen) atoms. The van der Waals surface area contributed by atoms with Crippen LogP contribution in [0, 0.1) is 15.9 Å². The summed E-state index contributed by atoms with van der Waals surface area (Å²) in [6, 6.07) is 4.87. The Labute approximate surface area is 119 Å². The van der Waals surface area contributed by atoms with E-state index in [4.69, 9.17) is 0 Å². The van der Waals surface area contributed by atoms with Gasteiger partial charge in [0.15, 0.2) is 0 Å². The Hall–Kier alpha value is -2.77. The zero-order valence-corrected chi connectivity index (χ0v) is 11.2. The molecule has 0 spiro atoms. The van der Waals surface area contributed by atoms with Crippen LogP contribution in [0.3, 0.4) is 0 Å². The fourth-order valence-corrected chi connectivity index (χ4v) is 1.80. The number of nitro groups is 1. The quantitative estimate of drug-likeness (QED) is 0.667. The molecule has 0 saturated heterocycles. The van der Waals surface area contributed by atoms with E-state index in [-0.39, 0.29) is 5.56 Å². The Morgan fingerprint density at radius 1 is 1.48 bits per heavy atom. The van der Waals surface area contributed by atoms with Crippen LogP contribution in [0.15, 0.2) is 30.5 Å². The van der Waals surface area contributed by atoms with Gasteiger partial charge in [0.1, 0.15) is 0 Å². The van der Waals surface area contributed by atoms with Crippen molar-refractivity contribution < 1.29 is 14.1 Å². The van der Waals surface area contributed by atoms with Crippen LogP contribution in [0.4, 0.5) is 10.1 Å². The van der Waals surface area contributed by atoms with Gasteiger partial charge in [-0.25, -0.2) is 0 Å². The number of nitrogens with one attached hydrogen (secondary N) is 1. The molecule has 1 aromatic heterocycles. The van der Waals surface area contributed by atoms with Crippen LogP contribution in [0.2, 0.25) is 0 Å². The zero-order chi connectivity index (χ0) is 15.4. The SMILES string of the molecule is Cn1ccc(CCNC(=O)c2ccc(F)c([N+](=O)[O-])c2)n1. The molecule has 110 valence electrons. The molecule has 0 aliphatic carbocycles. The number of halogens is 1. The Balaban J connectivity index is 1.97. The maximum Gasteiger partial charge on any atom is 0.305 e. The number of carbonyl (C=O) groups excluding carboxylic acids is 1. The number of rotatable bonds is 5. The van der Waals surface area contributed by atoms with Gasteiger partial charge in [-0.05, 0) is 18.2 Å². The zero-order valence-electron chi connectivity index (χ0n) is 11.2. The van der Waals surface area contributed by atoms with E-state index in [0.29, 0.717) is 13.0 Å². The van der Waals surface area contributed by atoms with Gasteiger partial charge in [0, 0.05) is 37.8 Å². The monoisotopic (exact) mass is 292 g/mol. The molecule has 2 rings (SSSR count). The van der Waals surface area contributed by atoms with Crippen molar-refractivity contribution in [3.63, 3.8) is 0 Å². The van der Waals surface area contributed by atoms with Gasteiger partial charge in [0.2, 0.25) is 5.82 Å². The van der Waals surface area contributed by atoms with Crippen molar-refractivity contribution in [3.8, 4) is 0 Å². The van der Waals surface area contributed by atoms with E-state index in [1.165, 1.54) is 6.07 Å². The summed E-state index contributed by atoms with van der Waals surface area (Å²) in [5.74, 6) is -1.46. The van der Waals surface area contributed by atoms with Crippen LogP contribution in [0.5, 0.6) is 0 Å². The molecule has 2 aromatic rings. The highest BCUT2D eigenvalue weighted by atomic mass is 19.1. The second-order valence-electron chi connectivity index (χ2n) is 4.41. The lowest BCUT2D eigenvalue weighted by Gasteiger charge is -2.04.